The molecule has 0 fully saturated rings. The maximum absolute atomic E-state index is 12.5. The summed E-state index contributed by atoms with van der Waals surface area (Å²) in [5.74, 6) is 0.345. The van der Waals surface area contributed by atoms with Crippen LogP contribution in [0.4, 0.5) is 0 Å². The number of aryl methyl sites for hydroxylation is 1. The van der Waals surface area contributed by atoms with Gasteiger partial charge in [0.25, 0.3) is 0 Å². The van der Waals surface area contributed by atoms with Gasteiger partial charge in [0.2, 0.25) is 5.91 Å². The summed E-state index contributed by atoms with van der Waals surface area (Å²) in [6.07, 6.45) is 9.48. The zero-order valence-corrected chi connectivity index (χ0v) is 14.3. The van der Waals surface area contributed by atoms with E-state index in [4.69, 9.17) is 0 Å². The molecule has 1 N–H and O–H groups in total. The number of rotatable bonds is 6. The van der Waals surface area contributed by atoms with Gasteiger partial charge in [-0.25, -0.2) is 9.97 Å². The number of imidazole rings is 2. The summed E-state index contributed by atoms with van der Waals surface area (Å²) in [7, 11) is 0. The Morgan fingerprint density at radius 1 is 1.33 bits per heavy atom. The second-order valence-electron chi connectivity index (χ2n) is 6.49. The van der Waals surface area contributed by atoms with E-state index in [0.717, 1.165) is 23.4 Å². The monoisotopic (exact) mass is 325 g/mol. The van der Waals surface area contributed by atoms with E-state index in [1.54, 1.807) is 18.7 Å². The van der Waals surface area contributed by atoms with Gasteiger partial charge in [-0.05, 0) is 24.5 Å². The first-order valence-corrected chi connectivity index (χ1v) is 8.21. The van der Waals surface area contributed by atoms with Crippen LogP contribution in [-0.2, 0) is 17.8 Å². The lowest BCUT2D eigenvalue weighted by Gasteiger charge is -2.22. The molecule has 0 radical (unpaired) electrons. The van der Waals surface area contributed by atoms with E-state index in [0.29, 0.717) is 12.3 Å². The van der Waals surface area contributed by atoms with Crippen LogP contribution in [-0.4, -0.2) is 30.9 Å². The number of hydrogen-bond acceptors (Lipinski definition) is 3. The van der Waals surface area contributed by atoms with Gasteiger partial charge in [-0.15, -0.1) is 0 Å². The van der Waals surface area contributed by atoms with Crippen LogP contribution in [0.2, 0.25) is 0 Å². The first-order valence-electron chi connectivity index (χ1n) is 8.21. The molecule has 0 saturated heterocycles. The number of nitrogens with one attached hydrogen (secondary N) is 1. The standard InChI is InChI=1S/C18H23N5O/c1-13(2)16(11-22-8-6-19-12-22)21-17(24)9-15-10-20-18-14(3)5-4-7-23(15)18/h4-8,10,12-13,16H,9,11H2,1-3H3,(H,21,24)/t16-/m1/s1. The molecule has 0 aliphatic rings. The molecule has 0 saturated carbocycles. The van der Waals surface area contributed by atoms with E-state index in [-0.39, 0.29) is 11.9 Å². The number of nitrogens with zero attached hydrogens (tertiary/aromatic N) is 4. The summed E-state index contributed by atoms with van der Waals surface area (Å²) in [5.41, 5.74) is 2.90. The normalized spacial score (nSPS) is 12.7. The Morgan fingerprint density at radius 3 is 2.88 bits per heavy atom. The van der Waals surface area contributed by atoms with Gasteiger partial charge in [0, 0.05) is 37.4 Å². The van der Waals surface area contributed by atoms with Crippen molar-refractivity contribution >= 4 is 11.6 Å². The Balaban J connectivity index is 1.70. The Labute approximate surface area is 141 Å². The van der Waals surface area contributed by atoms with Gasteiger partial charge in [-0.1, -0.05) is 19.9 Å². The minimum Gasteiger partial charge on any atom is -0.351 e. The van der Waals surface area contributed by atoms with Gasteiger partial charge in [0.1, 0.15) is 5.65 Å². The highest BCUT2D eigenvalue weighted by Crippen LogP contribution is 2.12. The molecule has 3 aromatic rings. The van der Waals surface area contributed by atoms with Crippen LogP contribution in [0.25, 0.3) is 5.65 Å². The number of amides is 1. The molecule has 1 amide bonds. The number of hydrogen-bond donors (Lipinski definition) is 1. The highest BCUT2D eigenvalue weighted by atomic mass is 16.1. The van der Waals surface area contributed by atoms with Crippen molar-refractivity contribution in [2.45, 2.75) is 39.8 Å². The maximum atomic E-state index is 12.5. The molecule has 0 unspecified atom stereocenters. The van der Waals surface area contributed by atoms with Gasteiger partial charge in [-0.2, -0.15) is 0 Å². The van der Waals surface area contributed by atoms with Gasteiger partial charge < -0.3 is 14.3 Å². The predicted molar refractivity (Wildman–Crippen MR) is 92.6 cm³/mol. The van der Waals surface area contributed by atoms with Crippen molar-refractivity contribution in [3.63, 3.8) is 0 Å². The number of aromatic nitrogens is 4. The van der Waals surface area contributed by atoms with Crippen LogP contribution < -0.4 is 5.32 Å². The Bertz CT molecular complexity index is 819. The Hall–Kier alpha value is -2.63. The fourth-order valence-corrected chi connectivity index (χ4v) is 2.80. The number of fused-ring (bicyclic) bond motifs is 1. The third-order valence-corrected chi connectivity index (χ3v) is 4.27. The Kier molecular flexibility index (Phi) is 4.64. The molecule has 0 aliphatic heterocycles. The third kappa shape index (κ3) is 3.48. The maximum Gasteiger partial charge on any atom is 0.226 e. The molecule has 3 rings (SSSR count). The lowest BCUT2D eigenvalue weighted by atomic mass is 10.0. The average Bonchev–Trinajstić information content (AvgIpc) is 3.18. The minimum absolute atomic E-state index is 0.0112. The van der Waals surface area contributed by atoms with E-state index in [1.165, 1.54) is 0 Å². The van der Waals surface area contributed by atoms with Crippen LogP contribution >= 0.6 is 0 Å². The van der Waals surface area contributed by atoms with Crippen molar-refractivity contribution in [3.05, 3.63) is 54.5 Å². The second-order valence-corrected chi connectivity index (χ2v) is 6.49. The van der Waals surface area contributed by atoms with E-state index >= 15 is 0 Å². The largest absolute Gasteiger partial charge is 0.351 e. The van der Waals surface area contributed by atoms with Crippen molar-refractivity contribution < 1.29 is 4.79 Å². The summed E-state index contributed by atoms with van der Waals surface area (Å²) >= 11 is 0. The second kappa shape index (κ2) is 6.86. The van der Waals surface area contributed by atoms with Crippen LogP contribution in [0.3, 0.4) is 0 Å². The molecule has 126 valence electrons. The van der Waals surface area contributed by atoms with Crippen molar-refractivity contribution in [3.8, 4) is 0 Å². The van der Waals surface area contributed by atoms with Crippen LogP contribution in [0, 0.1) is 12.8 Å². The first-order chi connectivity index (χ1) is 11.5. The number of carbonyl (C=O) groups excluding carboxylic acids is 1. The van der Waals surface area contributed by atoms with Gasteiger partial charge >= 0.3 is 0 Å². The van der Waals surface area contributed by atoms with E-state index < -0.39 is 0 Å². The van der Waals surface area contributed by atoms with E-state index in [1.807, 2.05) is 40.4 Å². The van der Waals surface area contributed by atoms with Crippen LogP contribution in [0.15, 0.2) is 43.2 Å². The molecule has 24 heavy (non-hydrogen) atoms. The smallest absolute Gasteiger partial charge is 0.226 e. The molecule has 0 aliphatic carbocycles. The van der Waals surface area contributed by atoms with Crippen molar-refractivity contribution in [1.29, 1.82) is 0 Å². The fourth-order valence-electron chi connectivity index (χ4n) is 2.80. The van der Waals surface area contributed by atoms with Gasteiger partial charge in [0.15, 0.2) is 0 Å². The fraction of sp³-hybridized carbons (Fsp3) is 0.389. The van der Waals surface area contributed by atoms with Gasteiger partial charge in [-0.3, -0.25) is 4.79 Å². The average molecular weight is 325 g/mol. The topological polar surface area (TPSA) is 64.2 Å². The minimum atomic E-state index is 0.0112. The van der Waals surface area contributed by atoms with E-state index in [2.05, 4.69) is 29.1 Å². The highest BCUT2D eigenvalue weighted by molar-refractivity contribution is 5.78. The summed E-state index contributed by atoms with van der Waals surface area (Å²) in [4.78, 5) is 21.0. The molecular weight excluding hydrogens is 302 g/mol. The van der Waals surface area contributed by atoms with Crippen molar-refractivity contribution in [2.75, 3.05) is 0 Å². The molecular formula is C18H23N5O. The zero-order chi connectivity index (χ0) is 17.1. The van der Waals surface area contributed by atoms with Crippen molar-refractivity contribution in [1.82, 2.24) is 24.3 Å². The lowest BCUT2D eigenvalue weighted by Crippen LogP contribution is -2.42. The van der Waals surface area contributed by atoms with Gasteiger partial charge in [0.05, 0.1) is 18.4 Å². The molecule has 0 aromatic carbocycles. The predicted octanol–water partition coefficient (Wildman–Crippen LogP) is 2.22. The summed E-state index contributed by atoms with van der Waals surface area (Å²) in [6, 6.07) is 4.06. The highest BCUT2D eigenvalue weighted by Gasteiger charge is 2.18. The summed E-state index contributed by atoms with van der Waals surface area (Å²) in [6.45, 7) is 6.96. The number of pyridine rings is 1. The molecule has 0 spiro atoms. The zero-order valence-electron chi connectivity index (χ0n) is 14.3. The van der Waals surface area contributed by atoms with Crippen LogP contribution in [0.5, 0.6) is 0 Å². The number of carbonyl (C=O) groups is 1. The van der Waals surface area contributed by atoms with E-state index in [9.17, 15) is 4.79 Å². The van der Waals surface area contributed by atoms with Crippen molar-refractivity contribution in [2.24, 2.45) is 5.92 Å². The molecule has 6 nitrogen and oxygen atoms in total. The Morgan fingerprint density at radius 2 is 2.17 bits per heavy atom. The molecule has 3 heterocycles. The summed E-state index contributed by atoms with van der Waals surface area (Å²) in [5, 5.41) is 3.14. The first kappa shape index (κ1) is 16.2. The molecule has 1 atom stereocenters. The third-order valence-electron chi connectivity index (χ3n) is 4.27. The molecule has 3 aromatic heterocycles. The molecule has 6 heteroatoms. The quantitative estimate of drug-likeness (QED) is 0.756. The van der Waals surface area contributed by atoms with Crippen LogP contribution in [0.1, 0.15) is 25.1 Å². The lowest BCUT2D eigenvalue weighted by molar-refractivity contribution is -0.121. The SMILES string of the molecule is Cc1cccn2c(CC(=O)N[C@H](Cn3ccnc3)C(C)C)cnc12. The molecule has 0 bridgehead atoms. The summed E-state index contributed by atoms with van der Waals surface area (Å²) < 4.78 is 3.97.